The number of unbranched alkanes of at least 4 members (excludes halogenated alkanes) is 42. The van der Waals surface area contributed by atoms with Crippen molar-refractivity contribution in [2.45, 2.75) is 355 Å². The van der Waals surface area contributed by atoms with Crippen LogP contribution in [-0.2, 0) is 28.6 Å². The first kappa shape index (κ1) is 65.4. The lowest BCUT2D eigenvalue weighted by Gasteiger charge is -2.18. The van der Waals surface area contributed by atoms with E-state index in [1.165, 1.54) is 244 Å². The van der Waals surface area contributed by atoms with E-state index in [4.69, 9.17) is 14.2 Å². The molecule has 1 unspecified atom stereocenters. The lowest BCUT2D eigenvalue weighted by molar-refractivity contribution is -0.167. The Bertz CT molecular complexity index is 1010. The molecule has 0 heterocycles. The van der Waals surface area contributed by atoms with Gasteiger partial charge in [0.25, 0.3) is 0 Å². The second-order valence-electron chi connectivity index (χ2n) is 21.2. The van der Waals surface area contributed by atoms with E-state index in [0.29, 0.717) is 19.3 Å². The number of hydrogen-bond acceptors (Lipinski definition) is 6. The van der Waals surface area contributed by atoms with Crippen LogP contribution in [0.25, 0.3) is 0 Å². The predicted octanol–water partition coefficient (Wildman–Crippen LogP) is 20.2. The van der Waals surface area contributed by atoms with Gasteiger partial charge in [0.1, 0.15) is 13.2 Å². The Morgan fingerprint density at radius 1 is 0.299 bits per heavy atom. The number of hydrogen-bond donors (Lipinski definition) is 0. The van der Waals surface area contributed by atoms with Crippen molar-refractivity contribution in [3.8, 4) is 0 Å². The molecule has 0 amide bonds. The third-order valence-corrected chi connectivity index (χ3v) is 14.4. The minimum absolute atomic E-state index is 0.0615. The van der Waals surface area contributed by atoms with E-state index in [0.717, 1.165) is 63.7 Å². The van der Waals surface area contributed by atoms with Crippen LogP contribution in [0.15, 0.2) is 0 Å². The molecule has 0 saturated carbocycles. The van der Waals surface area contributed by atoms with Crippen molar-refractivity contribution in [1.82, 2.24) is 0 Å². The summed E-state index contributed by atoms with van der Waals surface area (Å²) in [6.45, 7) is 9.11. The minimum Gasteiger partial charge on any atom is -0.462 e. The maximum absolute atomic E-state index is 12.8. The van der Waals surface area contributed by atoms with Gasteiger partial charge < -0.3 is 14.2 Å². The summed E-state index contributed by atoms with van der Waals surface area (Å²) in [7, 11) is 0. The van der Waals surface area contributed by atoms with E-state index in [9.17, 15) is 14.4 Å². The van der Waals surface area contributed by atoms with Crippen LogP contribution < -0.4 is 0 Å². The van der Waals surface area contributed by atoms with Gasteiger partial charge in [-0.25, -0.2) is 0 Å². The summed E-state index contributed by atoms with van der Waals surface area (Å²) in [5.41, 5.74) is 0. The Balaban J connectivity index is 4.21. The highest BCUT2D eigenvalue weighted by atomic mass is 16.6. The van der Waals surface area contributed by atoms with Crippen molar-refractivity contribution in [1.29, 1.82) is 0 Å². The van der Waals surface area contributed by atoms with Crippen LogP contribution in [0.3, 0.4) is 0 Å². The molecule has 0 bridgehead atoms. The Labute approximate surface area is 418 Å². The van der Waals surface area contributed by atoms with Crippen LogP contribution in [0.2, 0.25) is 0 Å². The fourth-order valence-electron chi connectivity index (χ4n) is 9.42. The summed E-state index contributed by atoms with van der Waals surface area (Å²) >= 11 is 0. The molecule has 0 aliphatic carbocycles. The van der Waals surface area contributed by atoms with Crippen LogP contribution in [0.4, 0.5) is 0 Å². The molecular formula is C61H118O6. The standard InChI is InChI=1S/C61H118O6/c1-5-8-10-12-14-16-18-20-25-29-33-36-40-44-48-52-59(62)65-55-58(67-61(64)54-50-46-42-38-32-19-17-15-13-11-9-6-2)56-66-60(63)53-49-45-41-37-34-30-27-24-22-21-23-26-28-31-35-39-43-47-51-57(4)7-3/h57-58H,5-56H2,1-4H3/t57?,58-/m0/s1. The molecule has 0 N–H and O–H groups in total. The molecule has 6 heteroatoms. The van der Waals surface area contributed by atoms with Crippen molar-refractivity contribution < 1.29 is 28.6 Å². The van der Waals surface area contributed by atoms with E-state index >= 15 is 0 Å². The Kier molecular flexibility index (Phi) is 54.0. The lowest BCUT2D eigenvalue weighted by atomic mass is 9.99. The SMILES string of the molecule is CCCCCCCCCCCCCCCCCC(=O)OC[C@@H](COC(=O)CCCCCCCCCCCCCCCCCCCCC(C)CC)OC(=O)CCCCCCCCCCCCCC. The molecule has 0 saturated heterocycles. The normalized spacial score (nSPS) is 12.4. The van der Waals surface area contributed by atoms with Gasteiger partial charge in [-0.3, -0.25) is 14.4 Å². The van der Waals surface area contributed by atoms with Gasteiger partial charge in [0.2, 0.25) is 0 Å². The summed E-state index contributed by atoms with van der Waals surface area (Å²) in [5, 5.41) is 0. The first-order valence-corrected chi connectivity index (χ1v) is 30.4. The van der Waals surface area contributed by atoms with Crippen molar-refractivity contribution in [3.05, 3.63) is 0 Å². The third-order valence-electron chi connectivity index (χ3n) is 14.4. The number of esters is 3. The summed E-state index contributed by atoms with van der Waals surface area (Å²) in [5.74, 6) is 0.0777. The summed E-state index contributed by atoms with van der Waals surface area (Å²) in [6.07, 6.45) is 60.9. The molecule has 0 aromatic carbocycles. The van der Waals surface area contributed by atoms with Gasteiger partial charge in [-0.15, -0.1) is 0 Å². The molecule has 0 aliphatic heterocycles. The summed E-state index contributed by atoms with van der Waals surface area (Å²) in [6, 6.07) is 0. The number of carbonyl (C=O) groups excluding carboxylic acids is 3. The van der Waals surface area contributed by atoms with Crippen molar-refractivity contribution in [2.24, 2.45) is 5.92 Å². The maximum atomic E-state index is 12.8. The topological polar surface area (TPSA) is 78.9 Å². The van der Waals surface area contributed by atoms with Crippen LogP contribution in [0.5, 0.6) is 0 Å². The predicted molar refractivity (Wildman–Crippen MR) is 289 cm³/mol. The Hall–Kier alpha value is -1.59. The fourth-order valence-corrected chi connectivity index (χ4v) is 9.42. The molecule has 0 aromatic heterocycles. The van der Waals surface area contributed by atoms with E-state index in [2.05, 4.69) is 27.7 Å². The first-order valence-electron chi connectivity index (χ1n) is 30.4. The first-order chi connectivity index (χ1) is 32.9. The molecule has 0 aromatic rings. The van der Waals surface area contributed by atoms with Gasteiger partial charge >= 0.3 is 17.9 Å². The van der Waals surface area contributed by atoms with Crippen molar-refractivity contribution >= 4 is 17.9 Å². The largest absolute Gasteiger partial charge is 0.462 e. The number of carbonyl (C=O) groups is 3. The number of ether oxygens (including phenoxy) is 3. The monoisotopic (exact) mass is 947 g/mol. The molecule has 0 spiro atoms. The van der Waals surface area contributed by atoms with Gasteiger partial charge in [-0.05, 0) is 25.2 Å². The smallest absolute Gasteiger partial charge is 0.306 e. The molecule has 0 rings (SSSR count). The molecule has 398 valence electrons. The van der Waals surface area contributed by atoms with Gasteiger partial charge in [0.05, 0.1) is 0 Å². The Morgan fingerprint density at radius 2 is 0.522 bits per heavy atom. The van der Waals surface area contributed by atoms with Gasteiger partial charge in [0, 0.05) is 19.3 Å². The molecular weight excluding hydrogens is 829 g/mol. The van der Waals surface area contributed by atoms with Crippen molar-refractivity contribution in [2.75, 3.05) is 13.2 Å². The molecule has 0 radical (unpaired) electrons. The summed E-state index contributed by atoms with van der Waals surface area (Å²) in [4.78, 5) is 38.2. The third kappa shape index (κ3) is 53.6. The van der Waals surface area contributed by atoms with Gasteiger partial charge in [-0.2, -0.15) is 0 Å². The zero-order valence-electron chi connectivity index (χ0n) is 45.9. The molecule has 2 atom stereocenters. The Morgan fingerprint density at radius 3 is 0.776 bits per heavy atom. The molecule has 0 aliphatic rings. The highest BCUT2D eigenvalue weighted by molar-refractivity contribution is 5.71. The lowest BCUT2D eigenvalue weighted by Crippen LogP contribution is -2.30. The van der Waals surface area contributed by atoms with E-state index < -0.39 is 6.10 Å². The van der Waals surface area contributed by atoms with E-state index in [1.54, 1.807) is 0 Å². The van der Waals surface area contributed by atoms with Crippen LogP contribution in [0.1, 0.15) is 349 Å². The quantitative estimate of drug-likeness (QED) is 0.0343. The average Bonchev–Trinajstić information content (AvgIpc) is 3.33. The zero-order valence-corrected chi connectivity index (χ0v) is 45.9. The van der Waals surface area contributed by atoms with Gasteiger partial charge in [-0.1, -0.05) is 310 Å². The highest BCUT2D eigenvalue weighted by Gasteiger charge is 2.19. The van der Waals surface area contributed by atoms with E-state index in [1.807, 2.05) is 0 Å². The minimum atomic E-state index is -0.761. The second-order valence-corrected chi connectivity index (χ2v) is 21.2. The molecule has 67 heavy (non-hydrogen) atoms. The average molecular weight is 948 g/mol. The van der Waals surface area contributed by atoms with Gasteiger partial charge in [0.15, 0.2) is 6.10 Å². The van der Waals surface area contributed by atoms with Crippen LogP contribution in [0, 0.1) is 5.92 Å². The van der Waals surface area contributed by atoms with Crippen LogP contribution in [-0.4, -0.2) is 37.2 Å². The van der Waals surface area contributed by atoms with E-state index in [-0.39, 0.29) is 31.1 Å². The summed E-state index contributed by atoms with van der Waals surface area (Å²) < 4.78 is 16.9. The second kappa shape index (κ2) is 55.3. The fraction of sp³-hybridized carbons (Fsp3) is 0.951. The zero-order chi connectivity index (χ0) is 48.8. The molecule has 6 nitrogen and oxygen atoms in total. The highest BCUT2D eigenvalue weighted by Crippen LogP contribution is 2.19. The maximum Gasteiger partial charge on any atom is 0.306 e. The number of rotatable bonds is 56. The molecule has 0 fully saturated rings. The van der Waals surface area contributed by atoms with Crippen molar-refractivity contribution in [3.63, 3.8) is 0 Å². The van der Waals surface area contributed by atoms with Crippen LogP contribution >= 0.6 is 0 Å².